The number of aryl methyl sites for hydroxylation is 1. The summed E-state index contributed by atoms with van der Waals surface area (Å²) in [5.74, 6) is 0.657. The zero-order valence-electron chi connectivity index (χ0n) is 10.2. The van der Waals surface area contributed by atoms with E-state index in [1.807, 2.05) is 18.2 Å². The van der Waals surface area contributed by atoms with Crippen LogP contribution in [-0.2, 0) is 18.4 Å². The van der Waals surface area contributed by atoms with Gasteiger partial charge in [-0.2, -0.15) is 0 Å². The molecule has 0 radical (unpaired) electrons. The maximum atomic E-state index is 12.0. The molecule has 1 aromatic carbocycles. The van der Waals surface area contributed by atoms with E-state index in [0.717, 1.165) is 20.7 Å². The SMILES string of the molecule is Cn1cc(CN2C(=O)COc3ccc(I)cc32)nn1. The molecule has 2 heterocycles. The smallest absolute Gasteiger partial charge is 0.265 e. The fourth-order valence-electron chi connectivity index (χ4n) is 1.98. The van der Waals surface area contributed by atoms with Gasteiger partial charge in [0.1, 0.15) is 11.4 Å². The van der Waals surface area contributed by atoms with Crippen molar-refractivity contribution in [3.63, 3.8) is 0 Å². The number of anilines is 1. The second kappa shape index (κ2) is 4.80. The summed E-state index contributed by atoms with van der Waals surface area (Å²) >= 11 is 2.21. The summed E-state index contributed by atoms with van der Waals surface area (Å²) in [6.07, 6.45) is 1.80. The van der Waals surface area contributed by atoms with Crippen LogP contribution in [0.15, 0.2) is 24.4 Å². The molecular formula is C12H11IN4O2. The summed E-state index contributed by atoms with van der Waals surface area (Å²) in [6, 6.07) is 5.77. The summed E-state index contributed by atoms with van der Waals surface area (Å²) in [4.78, 5) is 13.7. The second-order valence-electron chi connectivity index (χ2n) is 4.26. The zero-order chi connectivity index (χ0) is 13.4. The Morgan fingerprint density at radius 1 is 1.47 bits per heavy atom. The van der Waals surface area contributed by atoms with Crippen molar-refractivity contribution in [2.45, 2.75) is 6.54 Å². The van der Waals surface area contributed by atoms with E-state index in [4.69, 9.17) is 4.74 Å². The van der Waals surface area contributed by atoms with Crippen LogP contribution in [0.25, 0.3) is 0 Å². The predicted octanol–water partition coefficient (Wildman–Crippen LogP) is 1.35. The van der Waals surface area contributed by atoms with Crippen LogP contribution in [0.2, 0.25) is 0 Å². The van der Waals surface area contributed by atoms with Gasteiger partial charge >= 0.3 is 0 Å². The van der Waals surface area contributed by atoms with Gasteiger partial charge in [0.25, 0.3) is 5.91 Å². The van der Waals surface area contributed by atoms with Crippen molar-refractivity contribution in [1.29, 1.82) is 0 Å². The number of aromatic nitrogens is 3. The molecule has 1 aliphatic rings. The summed E-state index contributed by atoms with van der Waals surface area (Å²) in [5.41, 5.74) is 1.54. The normalized spacial score (nSPS) is 14.2. The molecule has 3 rings (SSSR count). The number of carbonyl (C=O) groups is 1. The molecule has 1 amide bonds. The van der Waals surface area contributed by atoms with Crippen molar-refractivity contribution in [3.8, 4) is 5.75 Å². The molecule has 0 saturated carbocycles. The average molecular weight is 370 g/mol. The molecule has 2 aromatic rings. The highest BCUT2D eigenvalue weighted by molar-refractivity contribution is 14.1. The molecular weight excluding hydrogens is 359 g/mol. The number of rotatable bonds is 2. The Morgan fingerprint density at radius 3 is 3.05 bits per heavy atom. The first-order valence-corrected chi connectivity index (χ1v) is 6.79. The maximum absolute atomic E-state index is 12.0. The average Bonchev–Trinajstić information content (AvgIpc) is 2.79. The molecule has 0 fully saturated rings. The monoisotopic (exact) mass is 370 g/mol. The Kier molecular flexibility index (Phi) is 3.13. The number of hydrogen-bond donors (Lipinski definition) is 0. The van der Waals surface area contributed by atoms with Gasteiger partial charge < -0.3 is 4.74 Å². The molecule has 0 atom stereocenters. The minimum absolute atomic E-state index is 0.0633. The Labute approximate surface area is 123 Å². The van der Waals surface area contributed by atoms with Crippen molar-refractivity contribution in [2.75, 3.05) is 11.5 Å². The van der Waals surface area contributed by atoms with Gasteiger partial charge in [-0.1, -0.05) is 5.21 Å². The molecule has 0 unspecified atom stereocenters. The van der Waals surface area contributed by atoms with E-state index in [0.29, 0.717) is 6.54 Å². The number of hydrogen-bond acceptors (Lipinski definition) is 4. The van der Waals surface area contributed by atoms with Gasteiger partial charge in [0.2, 0.25) is 0 Å². The lowest BCUT2D eigenvalue weighted by atomic mass is 10.2. The van der Waals surface area contributed by atoms with Crippen LogP contribution in [0.5, 0.6) is 5.75 Å². The van der Waals surface area contributed by atoms with Crippen molar-refractivity contribution in [2.24, 2.45) is 7.05 Å². The highest BCUT2D eigenvalue weighted by Gasteiger charge is 2.26. The fourth-order valence-corrected chi connectivity index (χ4v) is 2.45. The van der Waals surface area contributed by atoms with Crippen LogP contribution >= 0.6 is 22.6 Å². The first kappa shape index (κ1) is 12.4. The lowest BCUT2D eigenvalue weighted by molar-refractivity contribution is -0.121. The number of fused-ring (bicyclic) bond motifs is 1. The number of benzene rings is 1. The Balaban J connectivity index is 1.96. The zero-order valence-corrected chi connectivity index (χ0v) is 12.4. The van der Waals surface area contributed by atoms with E-state index in [-0.39, 0.29) is 12.5 Å². The Hall–Kier alpha value is -1.64. The van der Waals surface area contributed by atoms with Gasteiger partial charge in [0.05, 0.1) is 12.2 Å². The summed E-state index contributed by atoms with van der Waals surface area (Å²) in [7, 11) is 1.80. The van der Waals surface area contributed by atoms with Crippen LogP contribution in [0, 0.1) is 3.57 Å². The molecule has 0 bridgehead atoms. The minimum atomic E-state index is -0.0693. The minimum Gasteiger partial charge on any atom is -0.482 e. The largest absolute Gasteiger partial charge is 0.482 e. The van der Waals surface area contributed by atoms with Crippen LogP contribution < -0.4 is 9.64 Å². The first-order chi connectivity index (χ1) is 9.13. The number of amides is 1. The van der Waals surface area contributed by atoms with Gasteiger partial charge in [-0.05, 0) is 40.8 Å². The van der Waals surface area contributed by atoms with E-state index >= 15 is 0 Å². The molecule has 98 valence electrons. The molecule has 1 aliphatic heterocycles. The van der Waals surface area contributed by atoms with E-state index in [1.165, 1.54) is 0 Å². The van der Waals surface area contributed by atoms with E-state index in [1.54, 1.807) is 22.8 Å². The highest BCUT2D eigenvalue weighted by Crippen LogP contribution is 2.34. The van der Waals surface area contributed by atoms with Gasteiger partial charge in [-0.25, -0.2) is 0 Å². The van der Waals surface area contributed by atoms with Crippen LogP contribution in [0.1, 0.15) is 5.69 Å². The number of carbonyl (C=O) groups excluding carboxylic acids is 1. The molecule has 6 nitrogen and oxygen atoms in total. The highest BCUT2D eigenvalue weighted by atomic mass is 127. The van der Waals surface area contributed by atoms with Gasteiger partial charge in [-0.15, -0.1) is 5.10 Å². The topological polar surface area (TPSA) is 60.2 Å². The molecule has 0 aliphatic carbocycles. The lowest BCUT2D eigenvalue weighted by Gasteiger charge is -2.28. The van der Waals surface area contributed by atoms with Crippen molar-refractivity contribution in [1.82, 2.24) is 15.0 Å². The summed E-state index contributed by atoms with van der Waals surface area (Å²) < 4.78 is 8.10. The Morgan fingerprint density at radius 2 is 2.32 bits per heavy atom. The molecule has 7 heteroatoms. The number of ether oxygens (including phenoxy) is 1. The maximum Gasteiger partial charge on any atom is 0.265 e. The fraction of sp³-hybridized carbons (Fsp3) is 0.250. The van der Waals surface area contributed by atoms with Gasteiger partial charge in [0.15, 0.2) is 6.61 Å². The lowest BCUT2D eigenvalue weighted by Crippen LogP contribution is -2.38. The third-order valence-electron chi connectivity index (χ3n) is 2.83. The first-order valence-electron chi connectivity index (χ1n) is 5.71. The number of nitrogens with zero attached hydrogens (tertiary/aromatic N) is 4. The van der Waals surface area contributed by atoms with E-state index in [9.17, 15) is 4.79 Å². The van der Waals surface area contributed by atoms with Crippen molar-refractivity contribution >= 4 is 34.2 Å². The Bertz CT molecular complexity index is 640. The summed E-state index contributed by atoms with van der Waals surface area (Å²) in [6.45, 7) is 0.469. The third kappa shape index (κ3) is 2.42. The molecule has 0 N–H and O–H groups in total. The van der Waals surface area contributed by atoms with Gasteiger partial charge in [-0.3, -0.25) is 14.4 Å². The van der Waals surface area contributed by atoms with Crippen molar-refractivity contribution in [3.05, 3.63) is 33.7 Å². The van der Waals surface area contributed by atoms with Gasteiger partial charge in [0, 0.05) is 16.8 Å². The molecule has 0 saturated heterocycles. The second-order valence-corrected chi connectivity index (χ2v) is 5.51. The van der Waals surface area contributed by atoms with Crippen LogP contribution in [0.3, 0.4) is 0 Å². The van der Waals surface area contributed by atoms with E-state index < -0.39 is 0 Å². The molecule has 1 aromatic heterocycles. The molecule has 19 heavy (non-hydrogen) atoms. The third-order valence-corrected chi connectivity index (χ3v) is 3.51. The number of halogens is 1. The standard InChI is InChI=1S/C12H11IN4O2/c1-16-5-9(14-15-16)6-17-10-4-8(13)2-3-11(10)19-7-12(17)18/h2-5H,6-7H2,1H3. The predicted molar refractivity (Wildman–Crippen MR) is 76.8 cm³/mol. The van der Waals surface area contributed by atoms with Crippen molar-refractivity contribution < 1.29 is 9.53 Å². The summed E-state index contributed by atoms with van der Waals surface area (Å²) in [5, 5.41) is 7.89. The quantitative estimate of drug-likeness (QED) is 0.749. The van der Waals surface area contributed by atoms with Crippen LogP contribution in [-0.4, -0.2) is 27.5 Å². The van der Waals surface area contributed by atoms with Crippen LogP contribution in [0.4, 0.5) is 5.69 Å². The van der Waals surface area contributed by atoms with E-state index in [2.05, 4.69) is 32.9 Å². The molecule has 0 spiro atoms.